The Balaban J connectivity index is 0.000000252. The maximum atomic E-state index is 14.3. The van der Waals surface area contributed by atoms with Gasteiger partial charge in [0, 0.05) is 25.7 Å². The highest BCUT2D eigenvalue weighted by molar-refractivity contribution is 7.17. The van der Waals surface area contributed by atoms with E-state index in [9.17, 15) is 40.3 Å². The summed E-state index contributed by atoms with van der Waals surface area (Å²) in [6.07, 6.45) is -5.24. The second-order valence-corrected chi connectivity index (χ2v) is 15.0. The first-order chi connectivity index (χ1) is 24.8. The Morgan fingerprint density at radius 2 is 1.34 bits per heavy atom. The molecule has 53 heavy (non-hydrogen) atoms. The van der Waals surface area contributed by atoms with Crippen molar-refractivity contribution in [3.63, 3.8) is 0 Å². The smallest absolute Gasteiger partial charge is 0.433 e. The number of carbonyl (C=O) groups excluding carboxylic acids is 1. The Hall–Kier alpha value is -4.55. The number of alkyl halides is 6. The molecule has 1 saturated carbocycles. The van der Waals surface area contributed by atoms with Gasteiger partial charge in [0.05, 0.1) is 14.6 Å². The molecule has 4 aromatic heterocycles. The van der Waals surface area contributed by atoms with E-state index < -0.39 is 29.7 Å². The first-order valence-electron chi connectivity index (χ1n) is 16.2. The van der Waals surface area contributed by atoms with Crippen molar-refractivity contribution in [2.45, 2.75) is 56.0 Å². The van der Waals surface area contributed by atoms with Gasteiger partial charge < -0.3 is 15.3 Å². The second kappa shape index (κ2) is 15.4. The number of carboxylic acid groups (broad SMARTS) is 1. The molecule has 2 N–H and O–H groups in total. The maximum Gasteiger partial charge on any atom is 0.433 e. The summed E-state index contributed by atoms with van der Waals surface area (Å²) < 4.78 is 92.7. The zero-order valence-corrected chi connectivity index (χ0v) is 30.5. The normalized spacial score (nSPS) is 17.8. The molecule has 0 atom stereocenters. The van der Waals surface area contributed by atoms with Crippen LogP contribution in [0.15, 0.2) is 60.7 Å². The number of likely N-dealkylation sites (N-methyl/N-ethyl adjacent to an activating group) is 1. The van der Waals surface area contributed by atoms with Crippen LogP contribution in [-0.2, 0) is 32.9 Å². The topological polar surface area (TPSA) is 105 Å². The predicted octanol–water partition coefficient (Wildman–Crippen LogP) is 8.39. The van der Waals surface area contributed by atoms with Crippen LogP contribution in [-0.4, -0.2) is 67.1 Å². The standard InChI is InChI=1S/C25H28F4N4OS.C10H7F3N2O2S/c1-32(2)24(15-16-6-4-5-7-18(16)26)12-10-17(11-13-24)30-23(34)21-9-8-20(35-21)19-14-22(25(27,28)29)33(3)31-19;1-15-8(10(11,12)13)4-5(14-15)6-2-3-7(18-6)9(16)17/h4-9,14,17H,10-13,15H2,1-3H3,(H,30,34);2-4H,1H3,(H,16,17). The van der Waals surface area contributed by atoms with E-state index in [-0.39, 0.29) is 39.6 Å². The van der Waals surface area contributed by atoms with Crippen LogP contribution in [0.4, 0.5) is 30.7 Å². The zero-order valence-electron chi connectivity index (χ0n) is 28.8. The number of carbonyl (C=O) groups is 2. The number of carboxylic acids is 1. The highest BCUT2D eigenvalue weighted by Crippen LogP contribution is 2.38. The van der Waals surface area contributed by atoms with Gasteiger partial charge in [0.25, 0.3) is 5.91 Å². The number of hydrogen-bond donors (Lipinski definition) is 2. The SMILES string of the molecule is CN(C)C1(Cc2ccccc2F)CCC(NC(=O)c2ccc(-c3cc(C(F)(F)F)n(C)n3)s2)CC1.Cn1nc(-c2ccc(C(=O)O)s2)cc1C(F)(F)F. The molecule has 1 aliphatic carbocycles. The van der Waals surface area contributed by atoms with Gasteiger partial charge >= 0.3 is 18.3 Å². The highest BCUT2D eigenvalue weighted by Gasteiger charge is 2.39. The van der Waals surface area contributed by atoms with E-state index in [4.69, 9.17) is 5.11 Å². The van der Waals surface area contributed by atoms with Crippen LogP contribution in [0.25, 0.3) is 21.1 Å². The minimum atomic E-state index is -4.49. The van der Waals surface area contributed by atoms with Crippen molar-refractivity contribution in [3.05, 3.63) is 93.2 Å². The molecule has 4 heterocycles. The van der Waals surface area contributed by atoms with Gasteiger partial charge in [0.1, 0.15) is 33.5 Å². The van der Waals surface area contributed by atoms with Crippen molar-refractivity contribution in [2.75, 3.05) is 14.1 Å². The highest BCUT2D eigenvalue weighted by atomic mass is 32.1. The van der Waals surface area contributed by atoms with Gasteiger partial charge in [-0.15, -0.1) is 22.7 Å². The molecule has 18 heteroatoms. The number of aromatic nitrogens is 4. The largest absolute Gasteiger partial charge is 0.477 e. The van der Waals surface area contributed by atoms with Gasteiger partial charge in [-0.25, -0.2) is 9.18 Å². The zero-order chi connectivity index (χ0) is 38.9. The summed E-state index contributed by atoms with van der Waals surface area (Å²) in [5.41, 5.74) is -0.906. The van der Waals surface area contributed by atoms with E-state index in [1.165, 1.54) is 32.3 Å². The number of halogens is 7. The average Bonchev–Trinajstić information content (AvgIpc) is 3.89. The maximum absolute atomic E-state index is 14.3. The third-order valence-corrected chi connectivity index (χ3v) is 11.4. The van der Waals surface area contributed by atoms with Crippen LogP contribution >= 0.6 is 22.7 Å². The summed E-state index contributed by atoms with van der Waals surface area (Å²) in [7, 11) is 6.46. The van der Waals surface area contributed by atoms with Gasteiger partial charge in [-0.3, -0.25) is 14.2 Å². The van der Waals surface area contributed by atoms with Gasteiger partial charge in [-0.2, -0.15) is 36.5 Å². The van der Waals surface area contributed by atoms with E-state index in [1.54, 1.807) is 18.2 Å². The van der Waals surface area contributed by atoms with Crippen LogP contribution in [0.1, 0.15) is 62.0 Å². The average molecular weight is 785 g/mol. The first kappa shape index (κ1) is 39.7. The molecule has 0 saturated heterocycles. The van der Waals surface area contributed by atoms with Crippen molar-refractivity contribution in [3.8, 4) is 21.1 Å². The number of nitrogens with one attached hydrogen (secondary N) is 1. The molecule has 0 aliphatic heterocycles. The molecule has 0 unspecified atom stereocenters. The third kappa shape index (κ3) is 9.16. The molecule has 0 bridgehead atoms. The molecule has 6 rings (SSSR count). The molecule has 0 spiro atoms. The van der Waals surface area contributed by atoms with Crippen LogP contribution in [0.5, 0.6) is 0 Å². The number of aromatic carboxylic acids is 1. The number of nitrogens with zero attached hydrogens (tertiary/aromatic N) is 5. The lowest BCUT2D eigenvalue weighted by atomic mass is 9.74. The summed E-state index contributed by atoms with van der Waals surface area (Å²) in [6.45, 7) is 0. The van der Waals surface area contributed by atoms with Crippen LogP contribution in [0, 0.1) is 5.82 Å². The Kier molecular flexibility index (Phi) is 11.5. The number of benzene rings is 1. The van der Waals surface area contributed by atoms with Crippen molar-refractivity contribution < 1.29 is 45.4 Å². The fourth-order valence-corrected chi connectivity index (χ4v) is 7.89. The minimum absolute atomic E-state index is 0.0200. The molecule has 1 fully saturated rings. The van der Waals surface area contributed by atoms with Gasteiger partial charge in [0.2, 0.25) is 0 Å². The summed E-state index contributed by atoms with van der Waals surface area (Å²) in [5.74, 6) is -1.56. The molecule has 1 amide bonds. The summed E-state index contributed by atoms with van der Waals surface area (Å²) >= 11 is 2.00. The van der Waals surface area contributed by atoms with E-state index in [0.29, 0.717) is 26.6 Å². The Morgan fingerprint density at radius 1 is 0.849 bits per heavy atom. The molecule has 0 radical (unpaired) electrons. The first-order valence-corrected chi connectivity index (χ1v) is 17.8. The Bertz CT molecular complexity index is 2070. The Morgan fingerprint density at radius 3 is 1.77 bits per heavy atom. The monoisotopic (exact) mass is 784 g/mol. The van der Waals surface area contributed by atoms with Gasteiger partial charge in [-0.05, 0) is 94.2 Å². The Labute approximate surface area is 307 Å². The molecule has 1 aliphatic rings. The van der Waals surface area contributed by atoms with E-state index in [1.807, 2.05) is 26.2 Å². The molecule has 9 nitrogen and oxygen atoms in total. The van der Waals surface area contributed by atoms with Crippen molar-refractivity contribution in [1.82, 2.24) is 29.8 Å². The van der Waals surface area contributed by atoms with Crippen molar-refractivity contribution in [2.24, 2.45) is 14.1 Å². The second-order valence-electron chi connectivity index (χ2n) is 12.8. The number of hydrogen-bond acceptors (Lipinski definition) is 7. The third-order valence-electron chi connectivity index (χ3n) is 9.17. The van der Waals surface area contributed by atoms with Gasteiger partial charge in [0.15, 0.2) is 0 Å². The number of thiophene rings is 2. The van der Waals surface area contributed by atoms with Gasteiger partial charge in [-0.1, -0.05) is 18.2 Å². The lowest BCUT2D eigenvalue weighted by molar-refractivity contribution is -0.144. The van der Waals surface area contributed by atoms with Crippen molar-refractivity contribution >= 4 is 34.6 Å². The molecule has 5 aromatic rings. The lowest BCUT2D eigenvalue weighted by Gasteiger charge is -2.45. The number of aryl methyl sites for hydroxylation is 2. The van der Waals surface area contributed by atoms with Crippen LogP contribution < -0.4 is 5.32 Å². The summed E-state index contributed by atoms with van der Waals surface area (Å²) in [6, 6.07) is 14.7. The summed E-state index contributed by atoms with van der Waals surface area (Å²) in [5, 5.41) is 19.5. The molecular weight excluding hydrogens is 750 g/mol. The molecule has 284 valence electrons. The van der Waals surface area contributed by atoms with Crippen LogP contribution in [0.2, 0.25) is 0 Å². The predicted molar refractivity (Wildman–Crippen MR) is 186 cm³/mol. The fraction of sp³-hybridized carbons (Fsp3) is 0.371. The quantitative estimate of drug-likeness (QED) is 0.153. The number of rotatable bonds is 8. The lowest BCUT2D eigenvalue weighted by Crippen LogP contribution is -2.52. The summed E-state index contributed by atoms with van der Waals surface area (Å²) in [4.78, 5) is 27.1. The van der Waals surface area contributed by atoms with E-state index >= 15 is 0 Å². The molecule has 1 aromatic carbocycles. The number of amides is 1. The molecular formula is C35H35F7N6O3S2. The van der Waals surface area contributed by atoms with Crippen LogP contribution in [0.3, 0.4) is 0 Å². The van der Waals surface area contributed by atoms with Crippen molar-refractivity contribution in [1.29, 1.82) is 0 Å². The minimum Gasteiger partial charge on any atom is -0.477 e. The van der Waals surface area contributed by atoms with E-state index in [2.05, 4.69) is 20.4 Å². The van der Waals surface area contributed by atoms with E-state index in [0.717, 1.165) is 69.9 Å². The fourth-order valence-electron chi connectivity index (χ4n) is 6.23.